The van der Waals surface area contributed by atoms with Crippen molar-refractivity contribution in [3.63, 3.8) is 0 Å². The molecule has 0 heterocycles. The van der Waals surface area contributed by atoms with Crippen molar-refractivity contribution in [3.05, 3.63) is 106 Å². The zero-order valence-corrected chi connectivity index (χ0v) is 22.6. The molecule has 0 fully saturated rings. The molecule has 2 atom stereocenters. The summed E-state index contributed by atoms with van der Waals surface area (Å²) in [6, 6.07) is 24.7. The highest BCUT2D eigenvalue weighted by Gasteiger charge is 2.31. The summed E-state index contributed by atoms with van der Waals surface area (Å²) in [4.78, 5) is 29.0. The summed E-state index contributed by atoms with van der Waals surface area (Å²) < 4.78 is 0. The van der Waals surface area contributed by atoms with Gasteiger partial charge in [-0.1, -0.05) is 104 Å². The fourth-order valence-corrected chi connectivity index (χ4v) is 4.75. The van der Waals surface area contributed by atoms with Crippen molar-refractivity contribution in [2.24, 2.45) is 0 Å². The molecule has 0 spiro atoms. The van der Waals surface area contributed by atoms with Gasteiger partial charge in [-0.2, -0.15) is 0 Å². The molecular formula is C30H34Cl2N2O2. The van der Waals surface area contributed by atoms with Gasteiger partial charge in [0.05, 0.1) is 0 Å². The first-order valence-electron chi connectivity index (χ1n) is 12.5. The first kappa shape index (κ1) is 27.8. The largest absolute Gasteiger partial charge is 0.352 e. The Bertz CT molecular complexity index is 1100. The predicted octanol–water partition coefficient (Wildman–Crippen LogP) is 7.24. The first-order chi connectivity index (χ1) is 17.3. The maximum absolute atomic E-state index is 14.0. The quantitative estimate of drug-likeness (QED) is 0.287. The summed E-state index contributed by atoms with van der Waals surface area (Å²) >= 11 is 12.6. The van der Waals surface area contributed by atoms with Gasteiger partial charge in [0.25, 0.3) is 0 Å². The molecule has 0 unspecified atom stereocenters. The molecule has 3 aromatic carbocycles. The highest BCUT2D eigenvalue weighted by atomic mass is 35.5. The van der Waals surface area contributed by atoms with Gasteiger partial charge in [-0.05, 0) is 48.6 Å². The van der Waals surface area contributed by atoms with E-state index in [1.165, 1.54) is 0 Å². The number of amides is 2. The van der Waals surface area contributed by atoms with Crippen molar-refractivity contribution in [1.82, 2.24) is 10.2 Å². The van der Waals surface area contributed by atoms with Crippen LogP contribution in [0.4, 0.5) is 0 Å². The fourth-order valence-electron chi connectivity index (χ4n) is 4.28. The zero-order valence-electron chi connectivity index (χ0n) is 21.1. The molecule has 1 N–H and O–H groups in total. The van der Waals surface area contributed by atoms with E-state index in [9.17, 15) is 9.59 Å². The van der Waals surface area contributed by atoms with E-state index in [1.54, 1.807) is 17.0 Å². The van der Waals surface area contributed by atoms with Crippen LogP contribution < -0.4 is 5.32 Å². The minimum absolute atomic E-state index is 0.0176. The third-order valence-electron chi connectivity index (χ3n) is 6.53. The highest BCUT2D eigenvalue weighted by Crippen LogP contribution is 2.30. The molecule has 0 aliphatic rings. The molecule has 0 radical (unpaired) electrons. The summed E-state index contributed by atoms with van der Waals surface area (Å²) in [6.07, 6.45) is 1.52. The molecule has 0 aliphatic heterocycles. The van der Waals surface area contributed by atoms with Gasteiger partial charge in [-0.25, -0.2) is 0 Å². The molecule has 0 saturated carbocycles. The Kier molecular flexibility index (Phi) is 10.4. The second-order valence-electron chi connectivity index (χ2n) is 9.08. The average molecular weight is 526 g/mol. The van der Waals surface area contributed by atoms with Crippen molar-refractivity contribution >= 4 is 35.0 Å². The number of hydrogen-bond acceptors (Lipinski definition) is 2. The van der Waals surface area contributed by atoms with Gasteiger partial charge >= 0.3 is 0 Å². The molecule has 190 valence electrons. The maximum Gasteiger partial charge on any atom is 0.243 e. The van der Waals surface area contributed by atoms with Crippen molar-refractivity contribution < 1.29 is 9.59 Å². The van der Waals surface area contributed by atoms with E-state index in [0.29, 0.717) is 16.5 Å². The molecule has 0 aliphatic carbocycles. The van der Waals surface area contributed by atoms with Crippen LogP contribution in [-0.4, -0.2) is 28.8 Å². The van der Waals surface area contributed by atoms with Crippen LogP contribution >= 0.6 is 23.2 Å². The van der Waals surface area contributed by atoms with Crippen LogP contribution in [0.25, 0.3) is 0 Å². The molecule has 4 nitrogen and oxygen atoms in total. The smallest absolute Gasteiger partial charge is 0.243 e. The van der Waals surface area contributed by atoms with E-state index in [0.717, 1.165) is 23.1 Å². The van der Waals surface area contributed by atoms with Crippen LogP contribution in [-0.2, 0) is 16.1 Å². The molecule has 0 aromatic heterocycles. The lowest BCUT2D eigenvalue weighted by Crippen LogP contribution is -2.51. The van der Waals surface area contributed by atoms with Gasteiger partial charge in [-0.15, -0.1) is 0 Å². The molecule has 0 saturated heterocycles. The third-order valence-corrected chi connectivity index (χ3v) is 7.11. The monoisotopic (exact) mass is 524 g/mol. The Labute approximate surface area is 224 Å². The fraction of sp³-hybridized carbons (Fsp3) is 0.333. The lowest BCUT2D eigenvalue weighted by atomic mass is 9.88. The van der Waals surface area contributed by atoms with Crippen LogP contribution in [0.2, 0.25) is 10.0 Å². The van der Waals surface area contributed by atoms with E-state index in [4.69, 9.17) is 23.2 Å². The SMILES string of the molecule is CC[C@@H](C)NC(=O)[C@H](CC)N(Cc1ccc(Cl)cc1Cl)C(=O)CC(c1ccccc1)c1ccccc1. The molecular weight excluding hydrogens is 491 g/mol. The normalized spacial score (nSPS) is 12.7. The Morgan fingerprint density at radius 1 is 0.861 bits per heavy atom. The number of carbonyl (C=O) groups excluding carboxylic acids is 2. The minimum Gasteiger partial charge on any atom is -0.352 e. The molecule has 3 rings (SSSR count). The molecule has 6 heteroatoms. The van der Waals surface area contributed by atoms with Crippen molar-refractivity contribution in [2.75, 3.05) is 0 Å². The van der Waals surface area contributed by atoms with E-state index >= 15 is 0 Å². The van der Waals surface area contributed by atoms with Crippen molar-refractivity contribution in [2.45, 2.75) is 64.6 Å². The molecule has 0 bridgehead atoms. The second kappa shape index (κ2) is 13.5. The minimum atomic E-state index is -0.620. The summed E-state index contributed by atoms with van der Waals surface area (Å²) in [6.45, 7) is 6.13. The van der Waals surface area contributed by atoms with Crippen LogP contribution in [0.3, 0.4) is 0 Å². The summed E-state index contributed by atoms with van der Waals surface area (Å²) in [5, 5.41) is 4.05. The maximum atomic E-state index is 14.0. The van der Waals surface area contributed by atoms with Crippen LogP contribution in [0.1, 0.15) is 62.6 Å². The number of benzene rings is 3. The van der Waals surface area contributed by atoms with Crippen LogP contribution in [0.5, 0.6) is 0 Å². The van der Waals surface area contributed by atoms with Gasteiger partial charge in [0.2, 0.25) is 11.8 Å². The number of halogens is 2. The number of nitrogens with one attached hydrogen (secondary N) is 1. The number of nitrogens with zero attached hydrogens (tertiary/aromatic N) is 1. The van der Waals surface area contributed by atoms with E-state index < -0.39 is 6.04 Å². The van der Waals surface area contributed by atoms with E-state index in [2.05, 4.69) is 5.32 Å². The van der Waals surface area contributed by atoms with Gasteiger partial charge in [-0.3, -0.25) is 9.59 Å². The second-order valence-corrected chi connectivity index (χ2v) is 9.92. The van der Waals surface area contributed by atoms with E-state index in [-0.39, 0.29) is 36.7 Å². The van der Waals surface area contributed by atoms with Gasteiger partial charge in [0, 0.05) is 35.0 Å². The number of carbonyl (C=O) groups is 2. The highest BCUT2D eigenvalue weighted by molar-refractivity contribution is 6.35. The van der Waals surface area contributed by atoms with Crippen molar-refractivity contribution in [1.29, 1.82) is 0 Å². The van der Waals surface area contributed by atoms with Gasteiger partial charge < -0.3 is 10.2 Å². The van der Waals surface area contributed by atoms with Gasteiger partial charge in [0.15, 0.2) is 0 Å². The summed E-state index contributed by atoms with van der Waals surface area (Å²) in [7, 11) is 0. The lowest BCUT2D eigenvalue weighted by molar-refractivity contribution is -0.141. The van der Waals surface area contributed by atoms with Gasteiger partial charge in [0.1, 0.15) is 6.04 Å². The van der Waals surface area contributed by atoms with Crippen LogP contribution in [0, 0.1) is 0 Å². The Hall–Kier alpha value is -2.82. The number of hydrogen-bond donors (Lipinski definition) is 1. The first-order valence-corrected chi connectivity index (χ1v) is 13.2. The molecule has 2 amide bonds. The Morgan fingerprint density at radius 2 is 1.44 bits per heavy atom. The average Bonchev–Trinajstić information content (AvgIpc) is 2.89. The summed E-state index contributed by atoms with van der Waals surface area (Å²) in [5.41, 5.74) is 2.86. The third kappa shape index (κ3) is 7.35. The predicted molar refractivity (Wildman–Crippen MR) is 148 cm³/mol. The van der Waals surface area contributed by atoms with Crippen molar-refractivity contribution in [3.8, 4) is 0 Å². The lowest BCUT2D eigenvalue weighted by Gasteiger charge is -2.33. The Morgan fingerprint density at radius 3 is 1.94 bits per heavy atom. The molecule has 36 heavy (non-hydrogen) atoms. The zero-order chi connectivity index (χ0) is 26.1. The Balaban J connectivity index is 1.98. The summed E-state index contributed by atoms with van der Waals surface area (Å²) in [5.74, 6) is -0.399. The van der Waals surface area contributed by atoms with E-state index in [1.807, 2.05) is 87.5 Å². The number of rotatable bonds is 11. The van der Waals surface area contributed by atoms with Crippen LogP contribution in [0.15, 0.2) is 78.9 Å². The topological polar surface area (TPSA) is 49.4 Å². The standard InChI is InChI=1S/C30H34Cl2N2O2/c1-4-21(3)33-30(36)28(5-2)34(20-24-16-17-25(31)18-27(24)32)29(35)19-26(22-12-8-6-9-13-22)23-14-10-7-11-15-23/h6-18,21,26,28H,4-5,19-20H2,1-3H3,(H,33,36)/t21-,28+/m1/s1. The molecule has 3 aromatic rings.